The van der Waals surface area contributed by atoms with Gasteiger partial charge in [-0.1, -0.05) is 39.5 Å². The fraction of sp³-hybridized carbons (Fsp3) is 0.923. The van der Waals surface area contributed by atoms with Crippen molar-refractivity contribution in [3.8, 4) is 0 Å². The van der Waals surface area contributed by atoms with Gasteiger partial charge in [-0.05, 0) is 12.8 Å². The number of carbonyl (C=O) groups excluding carboxylic acids is 1. The minimum atomic E-state index is 0.277. The van der Waals surface area contributed by atoms with E-state index in [0.717, 1.165) is 19.4 Å². The highest BCUT2D eigenvalue weighted by molar-refractivity contribution is 6.18. The predicted octanol–water partition coefficient (Wildman–Crippen LogP) is 3.82. The molecule has 0 aromatic carbocycles. The molecule has 3 heteroatoms. The maximum atomic E-state index is 11.8. The second-order valence-corrected chi connectivity index (χ2v) is 4.61. The van der Waals surface area contributed by atoms with Crippen molar-refractivity contribution < 1.29 is 4.79 Å². The molecule has 2 nitrogen and oxygen atoms in total. The molecule has 0 atom stereocenters. The number of nitrogens with zero attached hydrogens (tertiary/aromatic N) is 1. The van der Waals surface area contributed by atoms with Gasteiger partial charge in [0.25, 0.3) is 0 Å². The Morgan fingerprint density at radius 2 is 1.69 bits per heavy atom. The smallest absolute Gasteiger partial charge is 0.222 e. The lowest BCUT2D eigenvalue weighted by atomic mass is 10.1. The van der Waals surface area contributed by atoms with E-state index < -0.39 is 0 Å². The molecule has 0 N–H and O–H groups in total. The first-order chi connectivity index (χ1) is 7.76. The number of unbranched alkanes of at least 4 members (excludes halogenated alkanes) is 4. The highest BCUT2D eigenvalue weighted by Gasteiger charge is 2.10. The third kappa shape index (κ3) is 7.98. The number of hydrogen-bond acceptors (Lipinski definition) is 1. The van der Waals surface area contributed by atoms with Crippen LogP contribution in [0.1, 0.15) is 58.8 Å². The zero-order valence-electron chi connectivity index (χ0n) is 10.8. The molecular weight excluding hydrogens is 222 g/mol. The minimum absolute atomic E-state index is 0.277. The summed E-state index contributed by atoms with van der Waals surface area (Å²) in [4.78, 5) is 13.7. The Kier molecular flexibility index (Phi) is 11.1. The summed E-state index contributed by atoms with van der Waals surface area (Å²) in [5.74, 6) is 0.820. The molecule has 0 fully saturated rings. The van der Waals surface area contributed by atoms with E-state index in [1.54, 1.807) is 0 Å². The summed E-state index contributed by atoms with van der Waals surface area (Å²) in [7, 11) is 0. The van der Waals surface area contributed by atoms with Gasteiger partial charge in [0.05, 0.1) is 0 Å². The van der Waals surface area contributed by atoms with E-state index in [1.807, 2.05) is 4.90 Å². The zero-order valence-corrected chi connectivity index (χ0v) is 11.6. The van der Waals surface area contributed by atoms with E-state index in [4.69, 9.17) is 11.6 Å². The first kappa shape index (κ1) is 15.8. The van der Waals surface area contributed by atoms with Crippen LogP contribution in [-0.2, 0) is 4.79 Å². The van der Waals surface area contributed by atoms with E-state index in [9.17, 15) is 4.79 Å². The normalized spacial score (nSPS) is 10.4. The van der Waals surface area contributed by atoms with Crippen molar-refractivity contribution in [3.63, 3.8) is 0 Å². The number of amides is 1. The van der Waals surface area contributed by atoms with Crippen LogP contribution in [0.5, 0.6) is 0 Å². The molecule has 0 saturated carbocycles. The summed E-state index contributed by atoms with van der Waals surface area (Å²) in [5, 5.41) is 0. The van der Waals surface area contributed by atoms with Gasteiger partial charge >= 0.3 is 0 Å². The number of rotatable bonds is 10. The summed E-state index contributed by atoms with van der Waals surface area (Å²) in [6.07, 6.45) is 7.71. The van der Waals surface area contributed by atoms with E-state index in [2.05, 4.69) is 13.8 Å². The van der Waals surface area contributed by atoms with Crippen LogP contribution >= 0.6 is 11.6 Å². The molecule has 0 spiro atoms. The Balaban J connectivity index is 3.65. The van der Waals surface area contributed by atoms with Crippen molar-refractivity contribution in [2.24, 2.45) is 0 Å². The molecule has 0 radical (unpaired) electrons. The molecule has 0 aromatic rings. The third-order valence-electron chi connectivity index (χ3n) is 2.69. The van der Waals surface area contributed by atoms with E-state index >= 15 is 0 Å². The van der Waals surface area contributed by atoms with Crippen LogP contribution in [0.25, 0.3) is 0 Å². The average Bonchev–Trinajstić information content (AvgIpc) is 2.28. The standard InChI is InChI=1S/C13H26ClNO/c1-3-5-6-7-8-9-13(16)15(11-4-2)12-10-14/h3-12H2,1-2H3. The minimum Gasteiger partial charge on any atom is -0.342 e. The van der Waals surface area contributed by atoms with Crippen molar-refractivity contribution in [2.45, 2.75) is 58.8 Å². The van der Waals surface area contributed by atoms with Gasteiger partial charge in [0.15, 0.2) is 0 Å². The molecule has 0 unspecified atom stereocenters. The third-order valence-corrected chi connectivity index (χ3v) is 2.86. The van der Waals surface area contributed by atoms with Crippen LogP contribution in [0.3, 0.4) is 0 Å². The molecule has 0 aliphatic rings. The molecule has 1 amide bonds. The molecule has 0 aliphatic carbocycles. The van der Waals surface area contributed by atoms with Crippen molar-refractivity contribution >= 4 is 17.5 Å². The molecular formula is C13H26ClNO. The molecule has 0 bridgehead atoms. The molecule has 0 saturated heterocycles. The number of hydrogen-bond donors (Lipinski definition) is 0. The fourth-order valence-corrected chi connectivity index (χ4v) is 1.98. The largest absolute Gasteiger partial charge is 0.342 e. The maximum absolute atomic E-state index is 11.8. The Morgan fingerprint density at radius 3 is 2.25 bits per heavy atom. The van der Waals surface area contributed by atoms with Gasteiger partial charge in [0.1, 0.15) is 0 Å². The van der Waals surface area contributed by atoms with Crippen molar-refractivity contribution in [3.05, 3.63) is 0 Å². The highest BCUT2D eigenvalue weighted by Crippen LogP contribution is 2.07. The van der Waals surface area contributed by atoms with Crippen molar-refractivity contribution in [2.75, 3.05) is 19.0 Å². The summed E-state index contributed by atoms with van der Waals surface area (Å²) in [6.45, 7) is 5.84. The fourth-order valence-electron chi connectivity index (χ4n) is 1.77. The van der Waals surface area contributed by atoms with Crippen LogP contribution in [0.15, 0.2) is 0 Å². The first-order valence-electron chi connectivity index (χ1n) is 6.60. The molecule has 0 heterocycles. The Morgan fingerprint density at radius 1 is 1.00 bits per heavy atom. The van der Waals surface area contributed by atoms with Gasteiger partial charge in [-0.3, -0.25) is 4.79 Å². The molecule has 0 rings (SSSR count). The lowest BCUT2D eigenvalue weighted by molar-refractivity contribution is -0.131. The monoisotopic (exact) mass is 247 g/mol. The zero-order chi connectivity index (χ0) is 12.2. The van der Waals surface area contributed by atoms with E-state index in [-0.39, 0.29) is 5.91 Å². The van der Waals surface area contributed by atoms with Crippen molar-refractivity contribution in [1.29, 1.82) is 0 Å². The van der Waals surface area contributed by atoms with Gasteiger partial charge in [0, 0.05) is 25.4 Å². The summed E-state index contributed by atoms with van der Waals surface area (Å²) < 4.78 is 0. The number of carbonyl (C=O) groups is 1. The van der Waals surface area contributed by atoms with Crippen LogP contribution < -0.4 is 0 Å². The number of halogens is 1. The van der Waals surface area contributed by atoms with Crippen LogP contribution in [0.2, 0.25) is 0 Å². The molecule has 0 aliphatic heterocycles. The maximum Gasteiger partial charge on any atom is 0.222 e. The van der Waals surface area contributed by atoms with E-state index in [1.165, 1.54) is 25.7 Å². The summed E-state index contributed by atoms with van der Waals surface area (Å²) >= 11 is 5.68. The Hall–Kier alpha value is -0.240. The molecule has 96 valence electrons. The van der Waals surface area contributed by atoms with Gasteiger partial charge in [0.2, 0.25) is 5.91 Å². The molecule has 16 heavy (non-hydrogen) atoms. The predicted molar refractivity (Wildman–Crippen MR) is 71.0 cm³/mol. The SMILES string of the molecule is CCCCCCCC(=O)N(CCC)CCCl. The van der Waals surface area contributed by atoms with E-state index in [0.29, 0.717) is 18.8 Å². The first-order valence-corrected chi connectivity index (χ1v) is 7.13. The highest BCUT2D eigenvalue weighted by atomic mass is 35.5. The second kappa shape index (κ2) is 11.3. The van der Waals surface area contributed by atoms with Crippen LogP contribution in [0, 0.1) is 0 Å². The lowest BCUT2D eigenvalue weighted by Crippen LogP contribution is -2.33. The van der Waals surface area contributed by atoms with Gasteiger partial charge in [-0.25, -0.2) is 0 Å². The number of alkyl halides is 1. The topological polar surface area (TPSA) is 20.3 Å². The quantitative estimate of drug-likeness (QED) is 0.425. The molecule has 0 aromatic heterocycles. The summed E-state index contributed by atoms with van der Waals surface area (Å²) in [5.41, 5.74) is 0. The van der Waals surface area contributed by atoms with Gasteiger partial charge in [-0.15, -0.1) is 11.6 Å². The van der Waals surface area contributed by atoms with Crippen molar-refractivity contribution in [1.82, 2.24) is 4.90 Å². The van der Waals surface area contributed by atoms with Gasteiger partial charge < -0.3 is 4.90 Å². The van der Waals surface area contributed by atoms with Crippen LogP contribution in [-0.4, -0.2) is 29.8 Å². The Labute approximate surface area is 105 Å². The average molecular weight is 248 g/mol. The lowest BCUT2D eigenvalue weighted by Gasteiger charge is -2.20. The summed E-state index contributed by atoms with van der Waals surface area (Å²) in [6, 6.07) is 0. The van der Waals surface area contributed by atoms with Gasteiger partial charge in [-0.2, -0.15) is 0 Å². The van der Waals surface area contributed by atoms with Crippen LogP contribution in [0.4, 0.5) is 0 Å². The Bertz CT molecular complexity index is 167. The second-order valence-electron chi connectivity index (χ2n) is 4.23.